The van der Waals surface area contributed by atoms with Gasteiger partial charge >= 0.3 is 0 Å². The second-order valence-electron chi connectivity index (χ2n) is 4.95. The SMILES string of the molecule is CCc1ccccc1C(N)c1cccc2cccnc12. The maximum Gasteiger partial charge on any atom is 0.0753 e. The van der Waals surface area contributed by atoms with Crippen molar-refractivity contribution >= 4 is 10.9 Å². The van der Waals surface area contributed by atoms with Gasteiger partial charge in [0.2, 0.25) is 0 Å². The minimum atomic E-state index is -0.134. The summed E-state index contributed by atoms with van der Waals surface area (Å²) in [7, 11) is 0. The Morgan fingerprint density at radius 1 is 0.950 bits per heavy atom. The van der Waals surface area contributed by atoms with E-state index < -0.39 is 0 Å². The molecule has 1 heterocycles. The van der Waals surface area contributed by atoms with Crippen molar-refractivity contribution in [2.75, 3.05) is 0 Å². The number of benzene rings is 2. The fraction of sp³-hybridized carbons (Fsp3) is 0.167. The molecule has 1 aromatic heterocycles. The summed E-state index contributed by atoms with van der Waals surface area (Å²) in [5, 5.41) is 1.13. The molecule has 1 atom stereocenters. The first kappa shape index (κ1) is 12.8. The highest BCUT2D eigenvalue weighted by atomic mass is 14.7. The molecule has 0 fully saturated rings. The molecule has 1 unspecified atom stereocenters. The summed E-state index contributed by atoms with van der Waals surface area (Å²) in [5.74, 6) is 0. The molecule has 3 aromatic rings. The largest absolute Gasteiger partial charge is 0.320 e. The predicted octanol–water partition coefficient (Wildman–Crippen LogP) is 3.85. The van der Waals surface area contributed by atoms with Gasteiger partial charge in [-0.3, -0.25) is 4.98 Å². The van der Waals surface area contributed by atoms with E-state index in [4.69, 9.17) is 5.73 Å². The lowest BCUT2D eigenvalue weighted by molar-refractivity contribution is 0.855. The zero-order valence-electron chi connectivity index (χ0n) is 11.6. The Morgan fingerprint density at radius 3 is 2.55 bits per heavy atom. The Balaban J connectivity index is 2.15. The third kappa shape index (κ3) is 2.19. The zero-order chi connectivity index (χ0) is 13.9. The maximum absolute atomic E-state index is 6.52. The van der Waals surface area contributed by atoms with Gasteiger partial charge in [0, 0.05) is 11.6 Å². The zero-order valence-corrected chi connectivity index (χ0v) is 11.6. The van der Waals surface area contributed by atoms with Crippen LogP contribution in [0.25, 0.3) is 10.9 Å². The minimum absolute atomic E-state index is 0.134. The molecular weight excluding hydrogens is 244 g/mol. The standard InChI is InChI=1S/C18H18N2/c1-2-13-7-3-4-10-15(13)17(19)16-11-5-8-14-9-6-12-20-18(14)16/h3-12,17H,2,19H2,1H3. The van der Waals surface area contributed by atoms with Crippen LogP contribution in [0, 0.1) is 0 Å². The molecular formula is C18H18N2. The van der Waals surface area contributed by atoms with Crippen LogP contribution in [0.1, 0.15) is 29.7 Å². The van der Waals surface area contributed by atoms with Crippen LogP contribution in [-0.4, -0.2) is 4.98 Å². The number of aryl methyl sites for hydroxylation is 1. The Morgan fingerprint density at radius 2 is 1.70 bits per heavy atom. The molecule has 2 aromatic carbocycles. The Kier molecular flexibility index (Phi) is 3.48. The second kappa shape index (κ2) is 5.43. The van der Waals surface area contributed by atoms with E-state index in [1.807, 2.05) is 24.4 Å². The summed E-state index contributed by atoms with van der Waals surface area (Å²) < 4.78 is 0. The van der Waals surface area contributed by atoms with Gasteiger partial charge in [0.15, 0.2) is 0 Å². The molecule has 0 saturated heterocycles. The molecule has 0 aliphatic carbocycles. The third-order valence-corrected chi connectivity index (χ3v) is 3.77. The number of hydrogen-bond acceptors (Lipinski definition) is 2. The van der Waals surface area contributed by atoms with E-state index in [1.165, 1.54) is 11.1 Å². The van der Waals surface area contributed by atoms with Crippen molar-refractivity contribution in [1.29, 1.82) is 0 Å². The number of nitrogens with zero attached hydrogens (tertiary/aromatic N) is 1. The maximum atomic E-state index is 6.52. The van der Waals surface area contributed by atoms with Gasteiger partial charge in [0.1, 0.15) is 0 Å². The van der Waals surface area contributed by atoms with E-state index in [0.717, 1.165) is 22.9 Å². The van der Waals surface area contributed by atoms with E-state index in [-0.39, 0.29) is 6.04 Å². The Bertz CT molecular complexity index is 729. The molecule has 2 N–H and O–H groups in total. The molecule has 0 radical (unpaired) electrons. The van der Waals surface area contributed by atoms with Gasteiger partial charge < -0.3 is 5.73 Å². The van der Waals surface area contributed by atoms with Crippen LogP contribution in [0.2, 0.25) is 0 Å². The van der Waals surface area contributed by atoms with Gasteiger partial charge in [-0.15, -0.1) is 0 Å². The van der Waals surface area contributed by atoms with E-state index in [2.05, 4.69) is 48.3 Å². The lowest BCUT2D eigenvalue weighted by Gasteiger charge is -2.17. The number of aromatic nitrogens is 1. The lowest BCUT2D eigenvalue weighted by Crippen LogP contribution is -2.14. The summed E-state index contributed by atoms with van der Waals surface area (Å²) >= 11 is 0. The van der Waals surface area contributed by atoms with Gasteiger partial charge in [-0.25, -0.2) is 0 Å². The summed E-state index contributed by atoms with van der Waals surface area (Å²) in [6, 6.07) is 18.5. The lowest BCUT2D eigenvalue weighted by atomic mass is 9.92. The highest BCUT2D eigenvalue weighted by Crippen LogP contribution is 2.27. The van der Waals surface area contributed by atoms with Crippen molar-refractivity contribution < 1.29 is 0 Å². The van der Waals surface area contributed by atoms with Crippen molar-refractivity contribution in [2.24, 2.45) is 5.73 Å². The summed E-state index contributed by atoms with van der Waals surface area (Å²) in [5.41, 5.74) is 11.1. The number of nitrogens with two attached hydrogens (primary N) is 1. The predicted molar refractivity (Wildman–Crippen MR) is 83.6 cm³/mol. The topological polar surface area (TPSA) is 38.9 Å². The molecule has 2 nitrogen and oxygen atoms in total. The number of rotatable bonds is 3. The van der Waals surface area contributed by atoms with Crippen LogP contribution in [0.5, 0.6) is 0 Å². The minimum Gasteiger partial charge on any atom is -0.320 e. The highest BCUT2D eigenvalue weighted by molar-refractivity contribution is 5.82. The molecule has 2 heteroatoms. The normalized spacial score (nSPS) is 12.5. The quantitative estimate of drug-likeness (QED) is 0.778. The van der Waals surface area contributed by atoms with Crippen molar-refractivity contribution in [1.82, 2.24) is 4.98 Å². The average molecular weight is 262 g/mol. The molecule has 100 valence electrons. The number of pyridine rings is 1. The Labute approximate surface area is 119 Å². The van der Waals surface area contributed by atoms with Gasteiger partial charge in [-0.05, 0) is 29.2 Å². The molecule has 3 rings (SSSR count). The van der Waals surface area contributed by atoms with Crippen LogP contribution in [0.3, 0.4) is 0 Å². The average Bonchev–Trinajstić information content (AvgIpc) is 2.53. The first-order chi connectivity index (χ1) is 9.81. The number of para-hydroxylation sites is 1. The molecule has 20 heavy (non-hydrogen) atoms. The van der Waals surface area contributed by atoms with Gasteiger partial charge in [-0.1, -0.05) is 55.5 Å². The molecule has 0 amide bonds. The summed E-state index contributed by atoms with van der Waals surface area (Å²) in [6.07, 6.45) is 2.81. The number of hydrogen-bond donors (Lipinski definition) is 1. The molecule has 0 saturated carbocycles. The van der Waals surface area contributed by atoms with E-state index in [9.17, 15) is 0 Å². The van der Waals surface area contributed by atoms with E-state index in [1.54, 1.807) is 0 Å². The van der Waals surface area contributed by atoms with Crippen molar-refractivity contribution in [2.45, 2.75) is 19.4 Å². The van der Waals surface area contributed by atoms with Gasteiger partial charge in [0.05, 0.1) is 11.6 Å². The van der Waals surface area contributed by atoms with Crippen LogP contribution in [0.4, 0.5) is 0 Å². The summed E-state index contributed by atoms with van der Waals surface area (Å²) in [6.45, 7) is 2.16. The molecule has 0 aliphatic heterocycles. The third-order valence-electron chi connectivity index (χ3n) is 3.77. The van der Waals surface area contributed by atoms with Crippen LogP contribution >= 0.6 is 0 Å². The smallest absolute Gasteiger partial charge is 0.0753 e. The van der Waals surface area contributed by atoms with Gasteiger partial charge in [0.25, 0.3) is 0 Å². The van der Waals surface area contributed by atoms with Crippen molar-refractivity contribution in [3.63, 3.8) is 0 Å². The molecule has 0 bridgehead atoms. The monoisotopic (exact) mass is 262 g/mol. The highest BCUT2D eigenvalue weighted by Gasteiger charge is 2.15. The number of fused-ring (bicyclic) bond motifs is 1. The van der Waals surface area contributed by atoms with Gasteiger partial charge in [-0.2, -0.15) is 0 Å². The fourth-order valence-electron chi connectivity index (χ4n) is 2.71. The first-order valence-corrected chi connectivity index (χ1v) is 6.98. The van der Waals surface area contributed by atoms with E-state index >= 15 is 0 Å². The molecule has 0 aliphatic rings. The Hall–Kier alpha value is -2.19. The second-order valence-corrected chi connectivity index (χ2v) is 4.95. The first-order valence-electron chi connectivity index (χ1n) is 6.98. The molecule has 0 spiro atoms. The van der Waals surface area contributed by atoms with Crippen molar-refractivity contribution in [3.8, 4) is 0 Å². The van der Waals surface area contributed by atoms with Crippen LogP contribution in [-0.2, 0) is 6.42 Å². The van der Waals surface area contributed by atoms with E-state index in [0.29, 0.717) is 0 Å². The van der Waals surface area contributed by atoms with Crippen LogP contribution < -0.4 is 5.73 Å². The van der Waals surface area contributed by atoms with Crippen LogP contribution in [0.15, 0.2) is 60.8 Å². The van der Waals surface area contributed by atoms with Crippen molar-refractivity contribution in [3.05, 3.63) is 77.5 Å². The summed E-state index contributed by atoms with van der Waals surface area (Å²) in [4.78, 5) is 4.50. The fourth-order valence-corrected chi connectivity index (χ4v) is 2.71.